The molecule has 19 heavy (non-hydrogen) atoms. The van der Waals surface area contributed by atoms with E-state index < -0.39 is 0 Å². The third kappa shape index (κ3) is 3.81. The molecule has 0 aromatic heterocycles. The van der Waals surface area contributed by atoms with Gasteiger partial charge in [-0.25, -0.2) is 10.4 Å². The van der Waals surface area contributed by atoms with Crippen molar-refractivity contribution >= 4 is 31.9 Å². The zero-order valence-electron chi connectivity index (χ0n) is 11.8. The average molecular weight is 390 g/mol. The Morgan fingerprint density at radius 3 is 2.42 bits per heavy atom. The first-order valence-corrected chi connectivity index (χ1v) is 8.57. The molecule has 0 bridgehead atoms. The van der Waals surface area contributed by atoms with Crippen LogP contribution >= 0.6 is 31.9 Å². The van der Waals surface area contributed by atoms with Crippen LogP contribution in [0.1, 0.15) is 51.6 Å². The van der Waals surface area contributed by atoms with Gasteiger partial charge in [-0.05, 0) is 51.3 Å². The summed E-state index contributed by atoms with van der Waals surface area (Å²) >= 11 is 7.16. The van der Waals surface area contributed by atoms with Crippen LogP contribution in [0.25, 0.3) is 0 Å². The fourth-order valence-corrected chi connectivity index (χ4v) is 4.21. The van der Waals surface area contributed by atoms with Gasteiger partial charge in [0.1, 0.15) is 0 Å². The van der Waals surface area contributed by atoms with Gasteiger partial charge in [0.05, 0.1) is 0 Å². The predicted molar refractivity (Wildman–Crippen MR) is 88.0 cm³/mol. The van der Waals surface area contributed by atoms with Crippen molar-refractivity contribution in [3.05, 3.63) is 32.7 Å². The standard InChI is InChI=1S/C15H22Br2N2/c1-10-5-4-6-11(2)19(10)18-12(3)14-8-7-13(16)9-15(14)17/h7-12,18H,4-6H2,1-3H3. The molecule has 1 saturated heterocycles. The lowest BCUT2D eigenvalue weighted by Crippen LogP contribution is -2.52. The minimum atomic E-state index is 0.311. The van der Waals surface area contributed by atoms with Gasteiger partial charge >= 0.3 is 0 Å². The average Bonchev–Trinajstić information content (AvgIpc) is 2.33. The molecule has 0 aliphatic carbocycles. The number of halogens is 2. The number of nitrogens with one attached hydrogen (secondary N) is 1. The summed E-state index contributed by atoms with van der Waals surface area (Å²) in [6, 6.07) is 7.91. The molecule has 1 aromatic carbocycles. The van der Waals surface area contributed by atoms with Crippen molar-refractivity contribution in [2.75, 3.05) is 0 Å². The number of hydrazine groups is 1. The Morgan fingerprint density at radius 2 is 1.84 bits per heavy atom. The summed E-state index contributed by atoms with van der Waals surface area (Å²) in [4.78, 5) is 0. The maximum absolute atomic E-state index is 3.68. The van der Waals surface area contributed by atoms with Crippen LogP contribution in [0.5, 0.6) is 0 Å². The first-order valence-electron chi connectivity index (χ1n) is 6.98. The van der Waals surface area contributed by atoms with E-state index in [1.807, 2.05) is 0 Å². The summed E-state index contributed by atoms with van der Waals surface area (Å²) in [6.45, 7) is 6.85. The number of hydrogen-bond donors (Lipinski definition) is 1. The van der Waals surface area contributed by atoms with Gasteiger partial charge in [-0.2, -0.15) is 0 Å². The second-order valence-electron chi connectivity index (χ2n) is 5.55. The van der Waals surface area contributed by atoms with Crippen LogP contribution in [-0.2, 0) is 0 Å². The molecule has 2 rings (SSSR count). The summed E-state index contributed by atoms with van der Waals surface area (Å²) in [6.07, 6.45) is 3.91. The predicted octanol–water partition coefficient (Wildman–Crippen LogP) is 5.04. The maximum Gasteiger partial charge on any atom is 0.0447 e. The van der Waals surface area contributed by atoms with Gasteiger partial charge in [0, 0.05) is 27.1 Å². The van der Waals surface area contributed by atoms with E-state index in [1.54, 1.807) is 0 Å². The molecular weight excluding hydrogens is 368 g/mol. The summed E-state index contributed by atoms with van der Waals surface area (Å²) in [5.74, 6) is 0. The van der Waals surface area contributed by atoms with Crippen molar-refractivity contribution < 1.29 is 0 Å². The lowest BCUT2D eigenvalue weighted by Gasteiger charge is -2.41. The molecule has 1 N–H and O–H groups in total. The molecule has 1 aliphatic heterocycles. The highest BCUT2D eigenvalue weighted by Gasteiger charge is 2.26. The van der Waals surface area contributed by atoms with Crippen LogP contribution in [0.3, 0.4) is 0 Å². The van der Waals surface area contributed by atoms with Gasteiger partial charge < -0.3 is 0 Å². The normalized spacial score (nSPS) is 26.4. The third-order valence-electron chi connectivity index (χ3n) is 3.97. The van der Waals surface area contributed by atoms with Crippen molar-refractivity contribution in [2.45, 2.75) is 58.2 Å². The largest absolute Gasteiger partial charge is 0.247 e. The maximum atomic E-state index is 3.68. The molecule has 3 atom stereocenters. The van der Waals surface area contributed by atoms with Crippen LogP contribution in [0.4, 0.5) is 0 Å². The smallest absolute Gasteiger partial charge is 0.0447 e. The van der Waals surface area contributed by atoms with Crippen LogP contribution in [0.15, 0.2) is 27.1 Å². The Kier molecular flexibility index (Phi) is 5.46. The van der Waals surface area contributed by atoms with Gasteiger partial charge in [-0.1, -0.05) is 44.3 Å². The van der Waals surface area contributed by atoms with Crippen LogP contribution in [0, 0.1) is 0 Å². The number of hydrogen-bond acceptors (Lipinski definition) is 2. The van der Waals surface area contributed by atoms with E-state index in [-0.39, 0.29) is 0 Å². The molecule has 1 aromatic rings. The Bertz CT molecular complexity index is 426. The molecule has 0 radical (unpaired) electrons. The van der Waals surface area contributed by atoms with E-state index in [2.05, 4.69) is 81.3 Å². The van der Waals surface area contributed by atoms with Crippen molar-refractivity contribution in [1.29, 1.82) is 0 Å². The molecule has 1 heterocycles. The van der Waals surface area contributed by atoms with Gasteiger partial charge in [-0.15, -0.1) is 0 Å². The molecule has 3 unspecified atom stereocenters. The van der Waals surface area contributed by atoms with Crippen LogP contribution in [-0.4, -0.2) is 17.1 Å². The van der Waals surface area contributed by atoms with E-state index in [0.29, 0.717) is 18.1 Å². The molecule has 0 amide bonds. The molecular formula is C15H22Br2N2. The first kappa shape index (κ1) is 15.5. The van der Waals surface area contributed by atoms with E-state index in [9.17, 15) is 0 Å². The van der Waals surface area contributed by atoms with E-state index in [0.717, 1.165) is 8.95 Å². The monoisotopic (exact) mass is 388 g/mol. The Balaban J connectivity index is 2.09. The summed E-state index contributed by atoms with van der Waals surface area (Å²) in [5.41, 5.74) is 4.98. The number of piperidine rings is 1. The zero-order valence-corrected chi connectivity index (χ0v) is 15.0. The van der Waals surface area contributed by atoms with Gasteiger partial charge in [-0.3, -0.25) is 0 Å². The minimum absolute atomic E-state index is 0.311. The van der Waals surface area contributed by atoms with Crippen molar-refractivity contribution in [1.82, 2.24) is 10.4 Å². The Labute approximate surface area is 133 Å². The highest BCUT2D eigenvalue weighted by atomic mass is 79.9. The van der Waals surface area contributed by atoms with E-state index in [1.165, 1.54) is 24.8 Å². The van der Waals surface area contributed by atoms with Crippen LogP contribution < -0.4 is 5.43 Å². The SMILES string of the molecule is CC(NN1C(C)CCCC1C)c1ccc(Br)cc1Br. The molecule has 106 valence electrons. The first-order chi connectivity index (χ1) is 8.99. The highest BCUT2D eigenvalue weighted by molar-refractivity contribution is 9.11. The van der Waals surface area contributed by atoms with Crippen molar-refractivity contribution in [2.24, 2.45) is 0 Å². The van der Waals surface area contributed by atoms with Crippen molar-refractivity contribution in [3.63, 3.8) is 0 Å². The van der Waals surface area contributed by atoms with Crippen LogP contribution in [0.2, 0.25) is 0 Å². The van der Waals surface area contributed by atoms with E-state index >= 15 is 0 Å². The zero-order chi connectivity index (χ0) is 14.0. The summed E-state index contributed by atoms with van der Waals surface area (Å²) in [7, 11) is 0. The van der Waals surface area contributed by atoms with Gasteiger partial charge in [0.2, 0.25) is 0 Å². The molecule has 0 saturated carbocycles. The lowest BCUT2D eigenvalue weighted by molar-refractivity contribution is 0.0319. The number of benzene rings is 1. The van der Waals surface area contributed by atoms with E-state index in [4.69, 9.17) is 0 Å². The molecule has 2 nitrogen and oxygen atoms in total. The van der Waals surface area contributed by atoms with Crippen molar-refractivity contribution in [3.8, 4) is 0 Å². The Hall–Kier alpha value is 0.1000. The summed E-state index contributed by atoms with van der Waals surface area (Å²) < 4.78 is 2.26. The minimum Gasteiger partial charge on any atom is -0.247 e. The number of rotatable bonds is 3. The fraction of sp³-hybridized carbons (Fsp3) is 0.600. The molecule has 0 spiro atoms. The second-order valence-corrected chi connectivity index (χ2v) is 7.32. The third-order valence-corrected chi connectivity index (χ3v) is 5.15. The topological polar surface area (TPSA) is 15.3 Å². The second kappa shape index (κ2) is 6.70. The summed E-state index contributed by atoms with van der Waals surface area (Å²) in [5, 5.41) is 2.43. The lowest BCUT2D eigenvalue weighted by atomic mass is 9.99. The number of nitrogens with zero attached hydrogens (tertiary/aromatic N) is 1. The highest BCUT2D eigenvalue weighted by Crippen LogP contribution is 2.28. The van der Waals surface area contributed by atoms with Gasteiger partial charge in [0.15, 0.2) is 0 Å². The molecule has 1 fully saturated rings. The fourth-order valence-electron chi connectivity index (χ4n) is 2.82. The van der Waals surface area contributed by atoms with Gasteiger partial charge in [0.25, 0.3) is 0 Å². The quantitative estimate of drug-likeness (QED) is 0.778. The Morgan fingerprint density at radius 1 is 1.21 bits per heavy atom. The molecule has 1 aliphatic rings. The molecule has 4 heteroatoms.